The number of thiophene rings is 1. The number of carbonyl (C=O) groups excluding carboxylic acids is 1. The lowest BCUT2D eigenvalue weighted by Crippen LogP contribution is -2.48. The van der Waals surface area contributed by atoms with Crippen molar-refractivity contribution in [2.75, 3.05) is 26.2 Å². The zero-order valence-electron chi connectivity index (χ0n) is 13.5. The minimum atomic E-state index is 0.197. The molecular formula is C19H21BrN2OS. The van der Waals surface area contributed by atoms with E-state index < -0.39 is 0 Å². The molecule has 2 fully saturated rings. The van der Waals surface area contributed by atoms with E-state index in [1.54, 1.807) is 0 Å². The first-order valence-corrected chi connectivity index (χ1v) is 10.2. The normalized spacial score (nSPS) is 24.1. The van der Waals surface area contributed by atoms with E-state index in [1.165, 1.54) is 10.4 Å². The first kappa shape index (κ1) is 16.3. The number of carbonyl (C=O) groups is 1. The molecule has 1 amide bonds. The second kappa shape index (κ2) is 6.98. The number of rotatable bonds is 4. The summed E-state index contributed by atoms with van der Waals surface area (Å²) in [4.78, 5) is 18.7. The van der Waals surface area contributed by atoms with Crippen LogP contribution in [0, 0.1) is 5.92 Å². The lowest BCUT2D eigenvalue weighted by atomic mass is 10.1. The maximum atomic E-state index is 12.8. The Bertz CT molecular complexity index is 710. The number of hydrogen-bond acceptors (Lipinski definition) is 3. The van der Waals surface area contributed by atoms with Crippen LogP contribution in [0.2, 0.25) is 0 Å². The van der Waals surface area contributed by atoms with Gasteiger partial charge in [-0.15, -0.1) is 11.3 Å². The van der Waals surface area contributed by atoms with Crippen LogP contribution in [0.1, 0.15) is 22.8 Å². The third-order valence-corrected chi connectivity index (χ3v) is 6.38. The zero-order chi connectivity index (χ0) is 16.5. The molecule has 0 N–H and O–H groups in total. The second-order valence-corrected chi connectivity index (χ2v) is 8.63. The quantitative estimate of drug-likeness (QED) is 0.769. The van der Waals surface area contributed by atoms with Crippen molar-refractivity contribution in [3.05, 3.63) is 56.7 Å². The van der Waals surface area contributed by atoms with Crippen molar-refractivity contribution < 1.29 is 4.79 Å². The molecule has 4 rings (SSSR count). The summed E-state index contributed by atoms with van der Waals surface area (Å²) in [6, 6.07) is 12.7. The monoisotopic (exact) mass is 404 g/mol. The average molecular weight is 405 g/mol. The van der Waals surface area contributed by atoms with Gasteiger partial charge < -0.3 is 4.90 Å². The Morgan fingerprint density at radius 2 is 2.00 bits per heavy atom. The van der Waals surface area contributed by atoms with E-state index in [1.807, 2.05) is 17.4 Å². The summed E-state index contributed by atoms with van der Waals surface area (Å²) >= 11 is 5.33. The lowest BCUT2D eigenvalue weighted by Gasteiger charge is -2.34. The second-order valence-electron chi connectivity index (χ2n) is 6.68. The van der Waals surface area contributed by atoms with E-state index in [2.05, 4.69) is 61.4 Å². The highest BCUT2D eigenvalue weighted by molar-refractivity contribution is 9.10. The molecule has 2 unspecified atom stereocenters. The van der Waals surface area contributed by atoms with Gasteiger partial charge in [0, 0.05) is 48.0 Å². The van der Waals surface area contributed by atoms with Gasteiger partial charge in [-0.3, -0.25) is 9.69 Å². The molecule has 0 spiro atoms. The van der Waals surface area contributed by atoms with Crippen molar-refractivity contribution in [1.82, 2.24) is 9.80 Å². The van der Waals surface area contributed by atoms with Crippen molar-refractivity contribution >= 4 is 33.2 Å². The highest BCUT2D eigenvalue weighted by Gasteiger charge is 2.46. The zero-order valence-corrected chi connectivity index (χ0v) is 15.9. The molecule has 5 heteroatoms. The van der Waals surface area contributed by atoms with Crippen molar-refractivity contribution in [3.63, 3.8) is 0 Å². The number of halogens is 1. The Kier molecular flexibility index (Phi) is 4.74. The Hall–Kier alpha value is -1.17. The van der Waals surface area contributed by atoms with Crippen LogP contribution < -0.4 is 0 Å². The first-order chi connectivity index (χ1) is 11.7. The third-order valence-electron chi connectivity index (χ3n) is 5.03. The SMILES string of the molecule is O=C(C1CC1c1cccc(Br)c1)N1CCN(Cc2cccs2)CC1. The van der Waals surface area contributed by atoms with E-state index in [-0.39, 0.29) is 5.92 Å². The topological polar surface area (TPSA) is 23.6 Å². The van der Waals surface area contributed by atoms with E-state index in [0.717, 1.165) is 43.6 Å². The molecule has 0 radical (unpaired) electrons. The largest absolute Gasteiger partial charge is 0.340 e. The fourth-order valence-corrected chi connectivity index (χ4v) is 4.72. The first-order valence-electron chi connectivity index (χ1n) is 8.50. The van der Waals surface area contributed by atoms with E-state index in [0.29, 0.717) is 11.8 Å². The summed E-state index contributed by atoms with van der Waals surface area (Å²) in [7, 11) is 0. The minimum Gasteiger partial charge on any atom is -0.340 e. The Balaban J connectivity index is 1.29. The standard InChI is InChI=1S/C19H21BrN2OS/c20-15-4-1-3-14(11-15)17-12-18(17)19(23)22-8-6-21(7-9-22)13-16-5-2-10-24-16/h1-5,10-11,17-18H,6-9,12-13H2. The van der Waals surface area contributed by atoms with Gasteiger partial charge in [0.05, 0.1) is 0 Å². The molecule has 1 aromatic heterocycles. The van der Waals surface area contributed by atoms with Crippen molar-refractivity contribution in [2.45, 2.75) is 18.9 Å². The summed E-state index contributed by atoms with van der Waals surface area (Å²) in [6.07, 6.45) is 1.00. The van der Waals surface area contributed by atoms with Gasteiger partial charge >= 0.3 is 0 Å². The molecule has 2 aromatic rings. The average Bonchev–Trinajstić information content (AvgIpc) is 3.24. The Morgan fingerprint density at radius 3 is 2.71 bits per heavy atom. The smallest absolute Gasteiger partial charge is 0.226 e. The number of benzene rings is 1. The highest BCUT2D eigenvalue weighted by atomic mass is 79.9. The summed E-state index contributed by atoms with van der Waals surface area (Å²) in [5, 5.41) is 2.13. The molecule has 24 heavy (non-hydrogen) atoms. The summed E-state index contributed by atoms with van der Waals surface area (Å²) < 4.78 is 1.10. The molecule has 2 aliphatic rings. The molecule has 2 atom stereocenters. The van der Waals surface area contributed by atoms with E-state index in [4.69, 9.17) is 0 Å². The van der Waals surface area contributed by atoms with Gasteiger partial charge in [-0.1, -0.05) is 34.1 Å². The summed E-state index contributed by atoms with van der Waals surface area (Å²) in [5.41, 5.74) is 1.29. The van der Waals surface area contributed by atoms with Crippen molar-refractivity contribution in [1.29, 1.82) is 0 Å². The highest BCUT2D eigenvalue weighted by Crippen LogP contribution is 2.48. The lowest BCUT2D eigenvalue weighted by molar-refractivity contribution is -0.134. The molecule has 1 aromatic carbocycles. The van der Waals surface area contributed by atoms with Crippen LogP contribution in [0.15, 0.2) is 46.3 Å². The Morgan fingerprint density at radius 1 is 1.17 bits per heavy atom. The van der Waals surface area contributed by atoms with Gasteiger partial charge in [0.1, 0.15) is 0 Å². The van der Waals surface area contributed by atoms with E-state index >= 15 is 0 Å². The van der Waals surface area contributed by atoms with Crippen LogP contribution in [-0.2, 0) is 11.3 Å². The van der Waals surface area contributed by atoms with Gasteiger partial charge in [-0.2, -0.15) is 0 Å². The fraction of sp³-hybridized carbons (Fsp3) is 0.421. The molecule has 1 aliphatic heterocycles. The number of amides is 1. The maximum absolute atomic E-state index is 12.8. The van der Waals surface area contributed by atoms with Crippen molar-refractivity contribution in [2.24, 2.45) is 5.92 Å². The molecule has 1 aliphatic carbocycles. The van der Waals surface area contributed by atoms with Crippen LogP contribution in [0.25, 0.3) is 0 Å². The van der Waals surface area contributed by atoms with Crippen molar-refractivity contribution in [3.8, 4) is 0 Å². The van der Waals surface area contributed by atoms with Crippen LogP contribution >= 0.6 is 27.3 Å². The van der Waals surface area contributed by atoms with Crippen LogP contribution in [-0.4, -0.2) is 41.9 Å². The Labute approximate surface area is 155 Å². The van der Waals surface area contributed by atoms with Crippen LogP contribution in [0.5, 0.6) is 0 Å². The van der Waals surface area contributed by atoms with Gasteiger partial charge in [-0.05, 0) is 41.5 Å². The maximum Gasteiger partial charge on any atom is 0.226 e. The van der Waals surface area contributed by atoms with Gasteiger partial charge in [0.25, 0.3) is 0 Å². The number of piperazine rings is 1. The van der Waals surface area contributed by atoms with Crippen LogP contribution in [0.4, 0.5) is 0 Å². The molecule has 2 heterocycles. The van der Waals surface area contributed by atoms with Crippen LogP contribution in [0.3, 0.4) is 0 Å². The number of nitrogens with zero attached hydrogens (tertiary/aromatic N) is 2. The van der Waals surface area contributed by atoms with Gasteiger partial charge in [0.2, 0.25) is 5.91 Å². The fourth-order valence-electron chi connectivity index (χ4n) is 3.56. The molecule has 0 bridgehead atoms. The summed E-state index contributed by atoms with van der Waals surface area (Å²) in [6.45, 7) is 4.72. The number of hydrogen-bond donors (Lipinski definition) is 0. The molecule has 1 saturated carbocycles. The van der Waals surface area contributed by atoms with E-state index in [9.17, 15) is 4.79 Å². The minimum absolute atomic E-state index is 0.197. The molecular weight excluding hydrogens is 384 g/mol. The molecule has 126 valence electrons. The van der Waals surface area contributed by atoms with Gasteiger partial charge in [0.15, 0.2) is 0 Å². The summed E-state index contributed by atoms with van der Waals surface area (Å²) in [5.74, 6) is 0.970. The predicted molar refractivity (Wildman–Crippen MR) is 101 cm³/mol. The molecule has 1 saturated heterocycles. The molecule has 3 nitrogen and oxygen atoms in total. The predicted octanol–water partition coefficient (Wildman–Crippen LogP) is 3.96. The third kappa shape index (κ3) is 3.58. The van der Waals surface area contributed by atoms with Gasteiger partial charge in [-0.25, -0.2) is 0 Å².